The number of imide groups is 1. The van der Waals surface area contributed by atoms with Crippen LogP contribution in [0.15, 0.2) is 54.7 Å². The van der Waals surface area contributed by atoms with Crippen molar-refractivity contribution in [1.29, 1.82) is 5.26 Å². The Morgan fingerprint density at radius 3 is 2.63 bits per heavy atom. The van der Waals surface area contributed by atoms with E-state index in [1.54, 1.807) is 6.20 Å². The van der Waals surface area contributed by atoms with Crippen molar-refractivity contribution in [3.63, 3.8) is 0 Å². The number of nitrogens with one attached hydrogen (secondary N) is 4. The number of carbonyl (C=O) groups excluding carboxylic acids is 2. The number of rotatable bonds is 10. The third-order valence-electron chi connectivity index (χ3n) is 9.03. The van der Waals surface area contributed by atoms with E-state index >= 15 is 0 Å². The molecule has 0 aliphatic carbocycles. The molecular formula is C34H39ClN8O3. The fourth-order valence-electron chi connectivity index (χ4n) is 6.24. The van der Waals surface area contributed by atoms with E-state index in [0.717, 1.165) is 55.2 Å². The number of likely N-dealkylation sites (tertiary alicyclic amines) is 1. The monoisotopic (exact) mass is 642 g/mol. The SMILES string of the molecule is N#CC1(CNc2cccc(-c3cc(NC4CCN(Cc5cccc(NC6CCC(=O)NC6=O)c5)CC4)ncc3Cl)n2)CCOCC1. The lowest BCUT2D eigenvalue weighted by molar-refractivity contribution is -0.133. The van der Waals surface area contributed by atoms with Gasteiger partial charge >= 0.3 is 0 Å². The van der Waals surface area contributed by atoms with Gasteiger partial charge in [-0.05, 0) is 68.0 Å². The maximum absolute atomic E-state index is 12.1. The first kappa shape index (κ1) is 31.7. The van der Waals surface area contributed by atoms with Gasteiger partial charge in [0, 0.05) is 69.3 Å². The lowest BCUT2D eigenvalue weighted by Crippen LogP contribution is -2.47. The van der Waals surface area contributed by atoms with Gasteiger partial charge < -0.3 is 20.7 Å². The highest BCUT2D eigenvalue weighted by molar-refractivity contribution is 6.33. The number of nitrogens with zero attached hydrogens (tertiary/aromatic N) is 4. The first-order valence-corrected chi connectivity index (χ1v) is 16.3. The summed E-state index contributed by atoms with van der Waals surface area (Å²) >= 11 is 6.59. The Morgan fingerprint density at radius 2 is 1.85 bits per heavy atom. The van der Waals surface area contributed by atoms with E-state index in [9.17, 15) is 14.9 Å². The molecule has 240 valence electrons. The van der Waals surface area contributed by atoms with Gasteiger partial charge in [0.2, 0.25) is 11.8 Å². The van der Waals surface area contributed by atoms with E-state index in [1.807, 2.05) is 36.4 Å². The number of benzene rings is 1. The number of piperidine rings is 2. The zero-order valence-corrected chi connectivity index (χ0v) is 26.5. The minimum absolute atomic E-state index is 0.213. The molecule has 2 aromatic heterocycles. The number of carbonyl (C=O) groups is 2. The van der Waals surface area contributed by atoms with Crippen LogP contribution in [0.2, 0.25) is 5.02 Å². The van der Waals surface area contributed by atoms with Crippen molar-refractivity contribution in [3.05, 3.63) is 65.3 Å². The number of amides is 2. The van der Waals surface area contributed by atoms with Crippen LogP contribution in [0.3, 0.4) is 0 Å². The second kappa shape index (κ2) is 14.5. The predicted molar refractivity (Wildman–Crippen MR) is 177 cm³/mol. The molecule has 0 saturated carbocycles. The smallest absolute Gasteiger partial charge is 0.249 e. The number of halogens is 1. The minimum Gasteiger partial charge on any atom is -0.381 e. The fraction of sp³-hybridized carbons (Fsp3) is 0.441. The predicted octanol–water partition coefficient (Wildman–Crippen LogP) is 4.82. The highest BCUT2D eigenvalue weighted by atomic mass is 35.5. The average Bonchev–Trinajstić information content (AvgIpc) is 3.08. The standard InChI is InChI=1S/C34H39ClN8O3/c35-27-19-37-31(18-26(27)28-5-2-6-30(41-28)38-22-34(21-36)11-15-46-16-12-34)40-24-9-13-43(14-10-24)20-23-3-1-4-25(17-23)39-29-7-8-32(44)42-33(29)45/h1-6,17-19,24,29,39H,7-16,20,22H2,(H,37,40)(H,38,41)(H,42,44,45). The molecule has 3 fully saturated rings. The Kier molecular flexibility index (Phi) is 9.97. The highest BCUT2D eigenvalue weighted by Crippen LogP contribution is 2.32. The molecule has 3 aliphatic heterocycles. The molecule has 1 aromatic carbocycles. The van der Waals surface area contributed by atoms with Gasteiger partial charge in [-0.25, -0.2) is 9.97 Å². The minimum atomic E-state index is -0.449. The molecule has 3 aliphatic rings. The maximum Gasteiger partial charge on any atom is 0.249 e. The molecule has 11 nitrogen and oxygen atoms in total. The van der Waals surface area contributed by atoms with Crippen molar-refractivity contribution in [2.75, 3.05) is 48.8 Å². The third kappa shape index (κ3) is 7.94. The van der Waals surface area contributed by atoms with Gasteiger partial charge in [0.05, 0.1) is 22.2 Å². The molecule has 0 radical (unpaired) electrons. The van der Waals surface area contributed by atoms with Gasteiger partial charge in [0.15, 0.2) is 0 Å². The Bertz CT molecular complexity index is 1600. The zero-order chi connectivity index (χ0) is 31.9. The van der Waals surface area contributed by atoms with Crippen molar-refractivity contribution < 1.29 is 14.3 Å². The molecule has 3 aromatic rings. The fourth-order valence-corrected chi connectivity index (χ4v) is 6.44. The lowest BCUT2D eigenvalue weighted by Gasteiger charge is -2.33. The van der Waals surface area contributed by atoms with Crippen LogP contribution in [-0.2, 0) is 20.9 Å². The average molecular weight is 643 g/mol. The first-order chi connectivity index (χ1) is 22.4. The number of hydrogen-bond donors (Lipinski definition) is 4. The van der Waals surface area contributed by atoms with Crippen LogP contribution in [0.1, 0.15) is 44.1 Å². The van der Waals surface area contributed by atoms with Gasteiger partial charge in [-0.2, -0.15) is 5.26 Å². The first-order valence-electron chi connectivity index (χ1n) is 15.9. The molecule has 1 unspecified atom stereocenters. The summed E-state index contributed by atoms with van der Waals surface area (Å²) < 4.78 is 5.45. The quantitative estimate of drug-likeness (QED) is 0.227. The van der Waals surface area contributed by atoms with Crippen LogP contribution in [-0.4, -0.2) is 71.6 Å². The topological polar surface area (TPSA) is 144 Å². The van der Waals surface area contributed by atoms with E-state index in [1.165, 1.54) is 5.56 Å². The van der Waals surface area contributed by atoms with Gasteiger partial charge in [-0.15, -0.1) is 0 Å². The summed E-state index contributed by atoms with van der Waals surface area (Å²) in [5, 5.41) is 23.0. The number of hydrogen-bond acceptors (Lipinski definition) is 10. The molecule has 3 saturated heterocycles. The number of aromatic nitrogens is 2. The van der Waals surface area contributed by atoms with Crippen molar-refractivity contribution >= 4 is 40.7 Å². The Hall–Kier alpha value is -4.24. The molecule has 4 N–H and O–H groups in total. The van der Waals surface area contributed by atoms with Gasteiger partial charge in [0.1, 0.15) is 17.7 Å². The molecule has 1 atom stereocenters. The molecule has 0 spiro atoms. The van der Waals surface area contributed by atoms with Gasteiger partial charge in [0.25, 0.3) is 0 Å². The van der Waals surface area contributed by atoms with E-state index in [0.29, 0.717) is 56.3 Å². The molecule has 6 rings (SSSR count). The zero-order valence-electron chi connectivity index (χ0n) is 25.7. The Labute approximate surface area is 274 Å². The van der Waals surface area contributed by atoms with Crippen LogP contribution in [0.4, 0.5) is 17.3 Å². The summed E-state index contributed by atoms with van der Waals surface area (Å²) in [6.45, 7) is 4.42. The van der Waals surface area contributed by atoms with Crippen molar-refractivity contribution in [2.45, 2.75) is 57.2 Å². The lowest BCUT2D eigenvalue weighted by atomic mass is 9.82. The third-order valence-corrected chi connectivity index (χ3v) is 9.33. The summed E-state index contributed by atoms with van der Waals surface area (Å²) in [4.78, 5) is 35.4. The maximum atomic E-state index is 12.1. The molecule has 5 heterocycles. The number of anilines is 3. The molecule has 12 heteroatoms. The molecule has 0 bridgehead atoms. The van der Waals surface area contributed by atoms with Crippen molar-refractivity contribution in [1.82, 2.24) is 20.2 Å². The summed E-state index contributed by atoms with van der Waals surface area (Å²) in [6, 6.07) is 18.2. The summed E-state index contributed by atoms with van der Waals surface area (Å²) in [7, 11) is 0. The normalized spacial score (nSPS) is 20.4. The van der Waals surface area contributed by atoms with Crippen LogP contribution in [0.5, 0.6) is 0 Å². The van der Waals surface area contributed by atoms with Crippen molar-refractivity contribution in [2.24, 2.45) is 5.41 Å². The van der Waals surface area contributed by atoms with Crippen LogP contribution in [0, 0.1) is 16.7 Å². The largest absolute Gasteiger partial charge is 0.381 e. The summed E-state index contributed by atoms with van der Waals surface area (Å²) in [6.07, 6.45) is 5.86. The van der Waals surface area contributed by atoms with Gasteiger partial charge in [-0.3, -0.25) is 19.8 Å². The number of ether oxygens (including phenoxy) is 1. The second-order valence-electron chi connectivity index (χ2n) is 12.4. The second-order valence-corrected chi connectivity index (χ2v) is 12.8. The number of nitriles is 1. The van der Waals surface area contributed by atoms with E-state index < -0.39 is 11.5 Å². The molecule has 2 amide bonds. The van der Waals surface area contributed by atoms with Crippen LogP contribution < -0.4 is 21.3 Å². The van der Waals surface area contributed by atoms with Crippen molar-refractivity contribution in [3.8, 4) is 17.3 Å². The van der Waals surface area contributed by atoms with Gasteiger partial charge in [-0.1, -0.05) is 29.8 Å². The molecular weight excluding hydrogens is 604 g/mol. The number of pyridine rings is 2. The van der Waals surface area contributed by atoms with Crippen LogP contribution in [0.25, 0.3) is 11.3 Å². The van der Waals surface area contributed by atoms with Crippen LogP contribution >= 0.6 is 11.6 Å². The molecule has 46 heavy (non-hydrogen) atoms. The summed E-state index contributed by atoms with van der Waals surface area (Å²) in [5.74, 6) is 0.979. The summed E-state index contributed by atoms with van der Waals surface area (Å²) in [5.41, 5.74) is 3.15. The van der Waals surface area contributed by atoms with E-state index in [4.69, 9.17) is 21.3 Å². The Balaban J connectivity index is 1.02. The highest BCUT2D eigenvalue weighted by Gasteiger charge is 2.32. The Morgan fingerprint density at radius 1 is 1.04 bits per heavy atom. The van der Waals surface area contributed by atoms with E-state index in [2.05, 4.69) is 49.4 Å². The van der Waals surface area contributed by atoms with E-state index in [-0.39, 0.29) is 17.9 Å².